The Morgan fingerprint density at radius 2 is 2.08 bits per heavy atom. The highest BCUT2D eigenvalue weighted by molar-refractivity contribution is 9.10. The van der Waals surface area contributed by atoms with Gasteiger partial charge in [-0.3, -0.25) is 14.5 Å². The lowest BCUT2D eigenvalue weighted by atomic mass is 10.1. The van der Waals surface area contributed by atoms with E-state index in [0.29, 0.717) is 17.5 Å². The highest BCUT2D eigenvalue weighted by atomic mass is 79.9. The van der Waals surface area contributed by atoms with Crippen LogP contribution >= 0.6 is 15.9 Å². The molecule has 1 fully saturated rings. The maximum Gasteiger partial charge on any atom is 0.265 e. The number of carbonyl (C=O) groups excluding carboxylic acids is 2. The molecule has 1 heterocycles. The number of halogens is 1. The van der Waals surface area contributed by atoms with Crippen molar-refractivity contribution in [1.82, 2.24) is 4.90 Å². The molecule has 0 unspecified atom stereocenters. The molecule has 130 valence electrons. The summed E-state index contributed by atoms with van der Waals surface area (Å²) in [6, 6.07) is 5.95. The van der Waals surface area contributed by atoms with Crippen LogP contribution < -0.4 is 9.64 Å². The van der Waals surface area contributed by atoms with Crippen LogP contribution in [-0.2, 0) is 9.59 Å². The molecule has 1 aromatic carbocycles. The Labute approximate surface area is 151 Å². The molecule has 0 spiro atoms. The molecular formula is C18H23BrN2O3. The molecule has 1 aromatic rings. The molecule has 2 aliphatic rings. The Balaban J connectivity index is 1.81. The first kappa shape index (κ1) is 17.3. The van der Waals surface area contributed by atoms with Crippen molar-refractivity contribution in [3.8, 4) is 5.75 Å². The predicted octanol–water partition coefficient (Wildman–Crippen LogP) is 3.35. The van der Waals surface area contributed by atoms with Crippen molar-refractivity contribution in [2.45, 2.75) is 51.6 Å². The smallest absolute Gasteiger partial charge is 0.265 e. The summed E-state index contributed by atoms with van der Waals surface area (Å²) in [5, 5.41) is 0. The van der Waals surface area contributed by atoms with Crippen molar-refractivity contribution in [3.63, 3.8) is 0 Å². The van der Waals surface area contributed by atoms with E-state index in [0.717, 1.165) is 17.3 Å². The molecule has 0 bridgehead atoms. The standard InChI is InChI=1S/C18H23BrN2O3/c1-12(2)21(14-5-3-4-6-14)17(22)10-20-15-8-7-13(19)9-16(15)24-11-18(20)23/h7-9,12,14H,3-6,10-11H2,1-2H3. The minimum atomic E-state index is -0.173. The zero-order valence-corrected chi connectivity index (χ0v) is 15.7. The fourth-order valence-electron chi connectivity index (χ4n) is 3.66. The zero-order chi connectivity index (χ0) is 17.3. The number of hydrogen-bond donors (Lipinski definition) is 0. The number of anilines is 1. The highest BCUT2D eigenvalue weighted by Crippen LogP contribution is 2.35. The Morgan fingerprint density at radius 3 is 2.75 bits per heavy atom. The van der Waals surface area contributed by atoms with E-state index in [-0.39, 0.29) is 31.0 Å². The SMILES string of the molecule is CC(C)N(C(=O)CN1C(=O)COc2cc(Br)ccc21)C1CCCC1. The van der Waals surface area contributed by atoms with Crippen LogP contribution in [0.15, 0.2) is 22.7 Å². The van der Waals surface area contributed by atoms with Crippen molar-refractivity contribution in [2.75, 3.05) is 18.1 Å². The molecule has 2 amide bonds. The fraction of sp³-hybridized carbons (Fsp3) is 0.556. The fourth-order valence-corrected chi connectivity index (χ4v) is 4.00. The van der Waals surface area contributed by atoms with Gasteiger partial charge >= 0.3 is 0 Å². The summed E-state index contributed by atoms with van der Waals surface area (Å²) in [5.41, 5.74) is 0.665. The van der Waals surface area contributed by atoms with Gasteiger partial charge in [-0.25, -0.2) is 0 Å². The lowest BCUT2D eigenvalue weighted by molar-refractivity contribution is -0.135. The van der Waals surface area contributed by atoms with Gasteiger partial charge in [-0.15, -0.1) is 0 Å². The molecular weight excluding hydrogens is 372 g/mol. The molecule has 1 saturated carbocycles. The number of ether oxygens (including phenoxy) is 1. The summed E-state index contributed by atoms with van der Waals surface area (Å²) in [6.07, 6.45) is 4.47. The molecule has 3 rings (SSSR count). The number of carbonyl (C=O) groups is 2. The number of nitrogens with zero attached hydrogens (tertiary/aromatic N) is 2. The first-order valence-corrected chi connectivity index (χ1v) is 9.30. The van der Waals surface area contributed by atoms with Crippen LogP contribution in [0, 0.1) is 0 Å². The number of rotatable bonds is 4. The van der Waals surface area contributed by atoms with Crippen LogP contribution in [0.5, 0.6) is 5.75 Å². The van der Waals surface area contributed by atoms with Gasteiger partial charge in [0.1, 0.15) is 12.3 Å². The summed E-state index contributed by atoms with van der Waals surface area (Å²) in [7, 11) is 0. The lowest BCUT2D eigenvalue weighted by Gasteiger charge is -2.36. The average molecular weight is 395 g/mol. The third kappa shape index (κ3) is 3.43. The monoisotopic (exact) mass is 394 g/mol. The van der Waals surface area contributed by atoms with E-state index in [2.05, 4.69) is 15.9 Å². The third-order valence-corrected chi connectivity index (χ3v) is 5.21. The molecule has 1 aliphatic carbocycles. The van der Waals surface area contributed by atoms with Crippen LogP contribution in [0.4, 0.5) is 5.69 Å². The van der Waals surface area contributed by atoms with Crippen molar-refractivity contribution in [3.05, 3.63) is 22.7 Å². The second-order valence-electron chi connectivity index (χ2n) is 6.71. The molecule has 0 aromatic heterocycles. The van der Waals surface area contributed by atoms with Crippen molar-refractivity contribution in [2.24, 2.45) is 0 Å². The van der Waals surface area contributed by atoms with Gasteiger partial charge in [0.15, 0.2) is 6.61 Å². The molecule has 0 radical (unpaired) electrons. The topological polar surface area (TPSA) is 49.9 Å². The van der Waals surface area contributed by atoms with E-state index in [1.807, 2.05) is 36.9 Å². The quantitative estimate of drug-likeness (QED) is 0.786. The summed E-state index contributed by atoms with van der Waals surface area (Å²) < 4.78 is 6.38. The van der Waals surface area contributed by atoms with Gasteiger partial charge in [0, 0.05) is 16.6 Å². The van der Waals surface area contributed by atoms with Crippen LogP contribution in [0.3, 0.4) is 0 Å². The predicted molar refractivity (Wildman–Crippen MR) is 96.2 cm³/mol. The minimum absolute atomic E-state index is 0.0148. The Kier molecular flexibility index (Phi) is 5.13. The summed E-state index contributed by atoms with van der Waals surface area (Å²) in [6.45, 7) is 4.14. The molecule has 24 heavy (non-hydrogen) atoms. The average Bonchev–Trinajstić information content (AvgIpc) is 3.03. The van der Waals surface area contributed by atoms with Gasteiger partial charge < -0.3 is 9.64 Å². The molecule has 6 heteroatoms. The van der Waals surface area contributed by atoms with Crippen molar-refractivity contribution >= 4 is 33.4 Å². The van der Waals surface area contributed by atoms with Crippen LogP contribution in [-0.4, -0.2) is 41.9 Å². The van der Waals surface area contributed by atoms with Gasteiger partial charge in [-0.05, 0) is 44.9 Å². The number of fused-ring (bicyclic) bond motifs is 1. The molecule has 1 aliphatic heterocycles. The van der Waals surface area contributed by atoms with Gasteiger partial charge in [0.25, 0.3) is 5.91 Å². The maximum absolute atomic E-state index is 12.9. The van der Waals surface area contributed by atoms with E-state index >= 15 is 0 Å². The normalized spacial score (nSPS) is 17.8. The number of benzene rings is 1. The van der Waals surface area contributed by atoms with E-state index < -0.39 is 0 Å². The zero-order valence-electron chi connectivity index (χ0n) is 14.1. The summed E-state index contributed by atoms with van der Waals surface area (Å²) in [5.74, 6) is 0.475. The van der Waals surface area contributed by atoms with E-state index in [9.17, 15) is 9.59 Å². The van der Waals surface area contributed by atoms with Gasteiger partial charge in [0.2, 0.25) is 5.91 Å². The first-order valence-electron chi connectivity index (χ1n) is 8.51. The van der Waals surface area contributed by atoms with Gasteiger partial charge in [-0.1, -0.05) is 28.8 Å². The molecule has 5 nitrogen and oxygen atoms in total. The van der Waals surface area contributed by atoms with Crippen molar-refractivity contribution < 1.29 is 14.3 Å². The van der Waals surface area contributed by atoms with E-state index in [1.165, 1.54) is 12.8 Å². The third-order valence-electron chi connectivity index (χ3n) is 4.72. The van der Waals surface area contributed by atoms with Crippen LogP contribution in [0.1, 0.15) is 39.5 Å². The Morgan fingerprint density at radius 1 is 1.38 bits per heavy atom. The number of amides is 2. The van der Waals surface area contributed by atoms with Crippen LogP contribution in [0.25, 0.3) is 0 Å². The largest absolute Gasteiger partial charge is 0.482 e. The summed E-state index contributed by atoms with van der Waals surface area (Å²) in [4.78, 5) is 28.8. The first-order chi connectivity index (χ1) is 11.5. The second kappa shape index (κ2) is 7.13. The van der Waals surface area contributed by atoms with Crippen LogP contribution in [0.2, 0.25) is 0 Å². The molecule has 0 atom stereocenters. The summed E-state index contributed by atoms with van der Waals surface area (Å²) >= 11 is 3.40. The van der Waals surface area contributed by atoms with Gasteiger partial charge in [-0.2, -0.15) is 0 Å². The van der Waals surface area contributed by atoms with Crippen molar-refractivity contribution in [1.29, 1.82) is 0 Å². The second-order valence-corrected chi connectivity index (χ2v) is 7.63. The lowest BCUT2D eigenvalue weighted by Crippen LogP contribution is -2.51. The van der Waals surface area contributed by atoms with E-state index in [4.69, 9.17) is 4.74 Å². The van der Waals surface area contributed by atoms with E-state index in [1.54, 1.807) is 4.90 Å². The molecule has 0 N–H and O–H groups in total. The minimum Gasteiger partial charge on any atom is -0.482 e. The van der Waals surface area contributed by atoms with Gasteiger partial charge in [0.05, 0.1) is 5.69 Å². The number of hydrogen-bond acceptors (Lipinski definition) is 3. The Hall–Kier alpha value is -1.56. The Bertz CT molecular complexity index is 641. The highest BCUT2D eigenvalue weighted by Gasteiger charge is 2.33. The molecule has 0 saturated heterocycles. The maximum atomic E-state index is 12.9.